The van der Waals surface area contributed by atoms with Crippen LogP contribution in [0.1, 0.15) is 16.7 Å². The Morgan fingerprint density at radius 2 is 2.00 bits per heavy atom. The van der Waals surface area contributed by atoms with Gasteiger partial charge in [0.1, 0.15) is 29.8 Å². The van der Waals surface area contributed by atoms with Crippen LogP contribution in [0.25, 0.3) is 6.08 Å². The Morgan fingerprint density at radius 3 is 2.68 bits per heavy atom. The number of nitrogens with zero attached hydrogens (tertiary/aromatic N) is 1. The van der Waals surface area contributed by atoms with E-state index in [-0.39, 0.29) is 18.0 Å². The fourth-order valence-electron chi connectivity index (χ4n) is 2.82. The minimum atomic E-state index is -0.481. The third-order valence-corrected chi connectivity index (χ3v) is 5.64. The van der Waals surface area contributed by atoms with E-state index in [0.717, 1.165) is 9.13 Å². The number of halogens is 3. The zero-order chi connectivity index (χ0) is 22.4. The first-order chi connectivity index (χ1) is 14.9. The van der Waals surface area contributed by atoms with E-state index in [1.54, 1.807) is 24.3 Å². The van der Waals surface area contributed by atoms with Gasteiger partial charge in [0.15, 0.2) is 0 Å². The number of hydrogen-bond acceptors (Lipinski definition) is 3. The summed E-state index contributed by atoms with van der Waals surface area (Å²) in [5.41, 5.74) is 3.00. The van der Waals surface area contributed by atoms with Gasteiger partial charge in [0.25, 0.3) is 5.91 Å². The standard InChI is InChI=1S/C24H17BrFIN2O2/c1-15-4-2-7-20(8-15)29-24(30)18(13-28)9-17-11-21(25)23(22(27)12-17)31-14-16-5-3-6-19(26)10-16/h2-12H,14H2,1H3,(H,29,30)/b18-9-. The van der Waals surface area contributed by atoms with Crippen molar-refractivity contribution in [3.63, 3.8) is 0 Å². The largest absolute Gasteiger partial charge is 0.487 e. The van der Waals surface area contributed by atoms with Gasteiger partial charge in [-0.2, -0.15) is 5.26 Å². The minimum Gasteiger partial charge on any atom is -0.487 e. The number of rotatable bonds is 6. The number of carbonyl (C=O) groups is 1. The second kappa shape index (κ2) is 10.6. The van der Waals surface area contributed by atoms with E-state index in [1.165, 1.54) is 18.2 Å². The van der Waals surface area contributed by atoms with Crippen LogP contribution in [0.4, 0.5) is 10.1 Å². The van der Waals surface area contributed by atoms with Crippen LogP contribution < -0.4 is 10.1 Å². The van der Waals surface area contributed by atoms with Crippen LogP contribution in [0.15, 0.2) is 70.7 Å². The maximum atomic E-state index is 13.4. The van der Waals surface area contributed by atoms with Crippen molar-refractivity contribution in [1.82, 2.24) is 0 Å². The van der Waals surface area contributed by atoms with E-state index in [2.05, 4.69) is 43.8 Å². The quantitative estimate of drug-likeness (QED) is 0.199. The summed E-state index contributed by atoms with van der Waals surface area (Å²) >= 11 is 5.60. The number of hydrogen-bond donors (Lipinski definition) is 1. The molecule has 0 saturated heterocycles. The van der Waals surface area contributed by atoms with Crippen LogP contribution >= 0.6 is 38.5 Å². The molecule has 0 atom stereocenters. The highest BCUT2D eigenvalue weighted by Gasteiger charge is 2.13. The summed E-state index contributed by atoms with van der Waals surface area (Å²) in [6, 6.07) is 19.1. The second-order valence-corrected chi connectivity index (χ2v) is 8.74. The monoisotopic (exact) mass is 590 g/mol. The van der Waals surface area contributed by atoms with Gasteiger partial charge in [0.05, 0.1) is 8.04 Å². The summed E-state index contributed by atoms with van der Waals surface area (Å²) in [5.74, 6) is -0.196. The Balaban J connectivity index is 1.77. The van der Waals surface area contributed by atoms with Gasteiger partial charge >= 0.3 is 0 Å². The van der Waals surface area contributed by atoms with Gasteiger partial charge in [-0.15, -0.1) is 0 Å². The summed E-state index contributed by atoms with van der Waals surface area (Å²) in [6.07, 6.45) is 1.52. The predicted molar refractivity (Wildman–Crippen MR) is 131 cm³/mol. The van der Waals surface area contributed by atoms with E-state index in [4.69, 9.17) is 4.74 Å². The molecule has 1 N–H and O–H groups in total. The molecule has 0 radical (unpaired) electrons. The fourth-order valence-corrected chi connectivity index (χ4v) is 4.59. The van der Waals surface area contributed by atoms with Crippen molar-refractivity contribution in [2.75, 3.05) is 5.32 Å². The smallest absolute Gasteiger partial charge is 0.266 e. The molecule has 0 aliphatic rings. The zero-order valence-corrected chi connectivity index (χ0v) is 20.2. The maximum Gasteiger partial charge on any atom is 0.266 e. The van der Waals surface area contributed by atoms with Gasteiger partial charge in [-0.3, -0.25) is 4.79 Å². The number of nitrogens with one attached hydrogen (secondary N) is 1. The van der Waals surface area contributed by atoms with Crippen molar-refractivity contribution < 1.29 is 13.9 Å². The molecule has 0 aliphatic carbocycles. The molecule has 3 aromatic carbocycles. The topological polar surface area (TPSA) is 62.1 Å². The lowest BCUT2D eigenvalue weighted by Crippen LogP contribution is -2.13. The summed E-state index contributed by atoms with van der Waals surface area (Å²) in [7, 11) is 0. The summed E-state index contributed by atoms with van der Waals surface area (Å²) in [4.78, 5) is 12.5. The Bertz CT molecular complexity index is 1180. The van der Waals surface area contributed by atoms with Crippen LogP contribution in [-0.4, -0.2) is 5.91 Å². The molecule has 0 unspecified atom stereocenters. The van der Waals surface area contributed by atoms with Crippen molar-refractivity contribution in [1.29, 1.82) is 5.26 Å². The Labute approximate surface area is 202 Å². The van der Waals surface area contributed by atoms with Gasteiger partial charge in [-0.25, -0.2) is 4.39 Å². The molecule has 3 rings (SSSR count). The Kier molecular flexibility index (Phi) is 7.82. The maximum absolute atomic E-state index is 13.4. The van der Waals surface area contributed by atoms with Crippen molar-refractivity contribution >= 4 is 56.2 Å². The zero-order valence-electron chi connectivity index (χ0n) is 16.5. The molecule has 1 amide bonds. The van der Waals surface area contributed by atoms with Crippen molar-refractivity contribution in [2.45, 2.75) is 13.5 Å². The molecule has 156 valence electrons. The third kappa shape index (κ3) is 6.39. The number of amides is 1. The van der Waals surface area contributed by atoms with E-state index in [9.17, 15) is 14.4 Å². The first-order valence-corrected chi connectivity index (χ1v) is 11.1. The molecule has 7 heteroatoms. The molecule has 0 spiro atoms. The summed E-state index contributed by atoms with van der Waals surface area (Å²) < 4.78 is 20.6. The first kappa shape index (κ1) is 23.0. The lowest BCUT2D eigenvalue weighted by Gasteiger charge is -2.12. The van der Waals surface area contributed by atoms with E-state index in [0.29, 0.717) is 27.0 Å². The van der Waals surface area contributed by atoms with Gasteiger partial charge in [-0.05, 0) is 105 Å². The average Bonchev–Trinajstić information content (AvgIpc) is 2.71. The lowest BCUT2D eigenvalue weighted by atomic mass is 10.1. The molecule has 0 aliphatic heterocycles. The van der Waals surface area contributed by atoms with E-state index in [1.807, 2.05) is 37.3 Å². The first-order valence-electron chi connectivity index (χ1n) is 9.22. The van der Waals surface area contributed by atoms with Crippen LogP contribution in [-0.2, 0) is 11.4 Å². The van der Waals surface area contributed by atoms with Gasteiger partial charge in [-0.1, -0.05) is 24.3 Å². The molecule has 3 aromatic rings. The van der Waals surface area contributed by atoms with Crippen molar-refractivity contribution in [3.8, 4) is 11.8 Å². The van der Waals surface area contributed by atoms with E-state index < -0.39 is 5.91 Å². The van der Waals surface area contributed by atoms with Gasteiger partial charge < -0.3 is 10.1 Å². The molecule has 0 fully saturated rings. The highest BCUT2D eigenvalue weighted by Crippen LogP contribution is 2.33. The normalized spacial score (nSPS) is 11.0. The highest BCUT2D eigenvalue weighted by molar-refractivity contribution is 14.1. The third-order valence-electron chi connectivity index (χ3n) is 4.24. The number of benzene rings is 3. The number of carbonyl (C=O) groups excluding carboxylic acids is 1. The fraction of sp³-hybridized carbons (Fsp3) is 0.0833. The van der Waals surface area contributed by atoms with E-state index >= 15 is 0 Å². The number of nitriles is 1. The van der Waals surface area contributed by atoms with Crippen LogP contribution in [0, 0.1) is 27.6 Å². The molecule has 31 heavy (non-hydrogen) atoms. The van der Waals surface area contributed by atoms with Gasteiger partial charge in [0.2, 0.25) is 0 Å². The van der Waals surface area contributed by atoms with Crippen LogP contribution in [0.2, 0.25) is 0 Å². The molecule has 4 nitrogen and oxygen atoms in total. The summed E-state index contributed by atoms with van der Waals surface area (Å²) in [5, 5.41) is 12.2. The van der Waals surface area contributed by atoms with Crippen LogP contribution in [0.5, 0.6) is 5.75 Å². The van der Waals surface area contributed by atoms with Crippen molar-refractivity contribution in [3.05, 3.63) is 96.8 Å². The molecular weight excluding hydrogens is 574 g/mol. The van der Waals surface area contributed by atoms with Crippen LogP contribution in [0.3, 0.4) is 0 Å². The second-order valence-electron chi connectivity index (χ2n) is 6.73. The minimum absolute atomic E-state index is 0.0161. The summed E-state index contributed by atoms with van der Waals surface area (Å²) in [6.45, 7) is 2.14. The molecular formula is C24H17BrFIN2O2. The molecule has 0 heterocycles. The number of ether oxygens (including phenoxy) is 1. The Hall–Kier alpha value is -2.70. The number of aryl methyl sites for hydroxylation is 1. The predicted octanol–water partition coefficient (Wildman–Crippen LogP) is 6.63. The average molecular weight is 591 g/mol. The van der Waals surface area contributed by atoms with Crippen molar-refractivity contribution in [2.24, 2.45) is 0 Å². The van der Waals surface area contributed by atoms with Gasteiger partial charge in [0, 0.05) is 5.69 Å². The highest BCUT2D eigenvalue weighted by atomic mass is 127. The SMILES string of the molecule is Cc1cccc(NC(=O)/C(C#N)=C\c2cc(Br)c(OCc3cccc(F)c3)c(I)c2)c1. The lowest BCUT2D eigenvalue weighted by molar-refractivity contribution is -0.112. The molecule has 0 aromatic heterocycles. The molecule has 0 saturated carbocycles. The molecule has 0 bridgehead atoms. The Morgan fingerprint density at radius 1 is 1.23 bits per heavy atom. The number of anilines is 1.